The fourth-order valence-corrected chi connectivity index (χ4v) is 3.39. The van der Waals surface area contributed by atoms with E-state index >= 15 is 0 Å². The minimum Gasteiger partial charge on any atom is -0.329 e. The predicted molar refractivity (Wildman–Crippen MR) is 76.0 cm³/mol. The second kappa shape index (κ2) is 5.31. The van der Waals surface area contributed by atoms with Crippen LogP contribution in [0.25, 0.3) is 0 Å². The van der Waals surface area contributed by atoms with Crippen molar-refractivity contribution in [3.8, 4) is 0 Å². The number of nitrogens with zero attached hydrogens (tertiary/aromatic N) is 1. The number of likely N-dealkylation sites (tertiary alicyclic amines) is 1. The smallest absolute Gasteiger partial charge is 0.232 e. The van der Waals surface area contributed by atoms with Gasteiger partial charge in [-0.2, -0.15) is 0 Å². The van der Waals surface area contributed by atoms with Gasteiger partial charge in [0.2, 0.25) is 5.91 Å². The minimum atomic E-state index is 0.0521. The summed E-state index contributed by atoms with van der Waals surface area (Å²) in [5, 5.41) is 3.01. The van der Waals surface area contributed by atoms with E-state index in [2.05, 4.69) is 16.3 Å². The SMILES string of the molecule is NCCN1CCC(C2C(=O)Nc3ccccc32)CC1. The van der Waals surface area contributed by atoms with E-state index in [1.54, 1.807) is 0 Å². The molecule has 0 spiro atoms. The van der Waals surface area contributed by atoms with Gasteiger partial charge in [-0.3, -0.25) is 4.79 Å². The second-order valence-electron chi connectivity index (χ2n) is 5.52. The number of piperidine rings is 1. The van der Waals surface area contributed by atoms with Crippen LogP contribution >= 0.6 is 0 Å². The molecule has 1 aromatic carbocycles. The van der Waals surface area contributed by atoms with Crippen LogP contribution in [-0.2, 0) is 4.79 Å². The Balaban J connectivity index is 1.72. The number of hydrogen-bond donors (Lipinski definition) is 2. The molecule has 19 heavy (non-hydrogen) atoms. The monoisotopic (exact) mass is 259 g/mol. The maximum absolute atomic E-state index is 12.2. The number of para-hydroxylation sites is 1. The molecule has 2 heterocycles. The van der Waals surface area contributed by atoms with E-state index in [4.69, 9.17) is 5.73 Å². The molecule has 102 valence electrons. The Morgan fingerprint density at radius 1 is 1.26 bits per heavy atom. The molecule has 1 fully saturated rings. The quantitative estimate of drug-likeness (QED) is 0.862. The van der Waals surface area contributed by atoms with Crippen molar-refractivity contribution in [2.75, 3.05) is 31.5 Å². The number of nitrogens with one attached hydrogen (secondary N) is 1. The summed E-state index contributed by atoms with van der Waals surface area (Å²) in [5.41, 5.74) is 7.78. The number of fused-ring (bicyclic) bond motifs is 1. The Kier molecular flexibility index (Phi) is 3.53. The zero-order valence-electron chi connectivity index (χ0n) is 11.1. The predicted octanol–water partition coefficient (Wildman–Crippen LogP) is 1.39. The van der Waals surface area contributed by atoms with E-state index in [1.165, 1.54) is 5.56 Å². The normalized spacial score (nSPS) is 24.3. The van der Waals surface area contributed by atoms with Crippen LogP contribution in [0.1, 0.15) is 24.3 Å². The van der Waals surface area contributed by atoms with Crippen LogP contribution in [-0.4, -0.2) is 37.0 Å². The average molecular weight is 259 g/mol. The van der Waals surface area contributed by atoms with Gasteiger partial charge in [-0.05, 0) is 43.5 Å². The Morgan fingerprint density at radius 2 is 2.00 bits per heavy atom. The van der Waals surface area contributed by atoms with Crippen molar-refractivity contribution in [2.24, 2.45) is 11.7 Å². The molecule has 4 heteroatoms. The fraction of sp³-hybridized carbons (Fsp3) is 0.533. The van der Waals surface area contributed by atoms with Crippen LogP contribution in [0, 0.1) is 5.92 Å². The molecule has 0 saturated carbocycles. The van der Waals surface area contributed by atoms with Gasteiger partial charge in [-0.15, -0.1) is 0 Å². The van der Waals surface area contributed by atoms with Crippen LogP contribution in [0.15, 0.2) is 24.3 Å². The van der Waals surface area contributed by atoms with Gasteiger partial charge < -0.3 is 16.0 Å². The van der Waals surface area contributed by atoms with E-state index in [1.807, 2.05) is 18.2 Å². The molecule has 0 bridgehead atoms. The van der Waals surface area contributed by atoms with Gasteiger partial charge in [-0.25, -0.2) is 0 Å². The Morgan fingerprint density at radius 3 is 2.74 bits per heavy atom. The van der Waals surface area contributed by atoms with E-state index in [9.17, 15) is 4.79 Å². The van der Waals surface area contributed by atoms with E-state index < -0.39 is 0 Å². The van der Waals surface area contributed by atoms with Crippen molar-refractivity contribution in [1.82, 2.24) is 4.90 Å². The van der Waals surface area contributed by atoms with Gasteiger partial charge in [-0.1, -0.05) is 18.2 Å². The third-order valence-electron chi connectivity index (χ3n) is 4.39. The molecule has 3 N–H and O–H groups in total. The summed E-state index contributed by atoms with van der Waals surface area (Å²) in [4.78, 5) is 14.6. The summed E-state index contributed by atoms with van der Waals surface area (Å²) in [6.45, 7) is 3.82. The van der Waals surface area contributed by atoms with Gasteiger partial charge in [0.25, 0.3) is 0 Å². The zero-order chi connectivity index (χ0) is 13.2. The molecule has 2 aliphatic rings. The lowest BCUT2D eigenvalue weighted by atomic mass is 9.81. The van der Waals surface area contributed by atoms with Crippen LogP contribution in [0.2, 0.25) is 0 Å². The number of carbonyl (C=O) groups is 1. The summed E-state index contributed by atoms with van der Waals surface area (Å²) in [7, 11) is 0. The molecule has 1 amide bonds. The van der Waals surface area contributed by atoms with E-state index in [0.717, 1.165) is 44.7 Å². The largest absolute Gasteiger partial charge is 0.329 e. The molecule has 0 aliphatic carbocycles. The van der Waals surface area contributed by atoms with E-state index in [-0.39, 0.29) is 11.8 Å². The Bertz CT molecular complexity index is 466. The standard InChI is InChI=1S/C15H21N3O/c16-7-10-18-8-5-11(6-9-18)14-12-3-1-2-4-13(12)17-15(14)19/h1-4,11,14H,5-10,16H2,(H,17,19). The number of hydrogen-bond acceptors (Lipinski definition) is 3. The summed E-state index contributed by atoms with van der Waals surface area (Å²) < 4.78 is 0. The third-order valence-corrected chi connectivity index (χ3v) is 4.39. The number of anilines is 1. The molecule has 0 radical (unpaired) electrons. The molecule has 1 unspecified atom stereocenters. The van der Waals surface area contributed by atoms with Crippen LogP contribution in [0.5, 0.6) is 0 Å². The molecular formula is C15H21N3O. The number of rotatable bonds is 3. The van der Waals surface area contributed by atoms with Crippen molar-refractivity contribution < 1.29 is 4.79 Å². The maximum Gasteiger partial charge on any atom is 0.232 e. The Hall–Kier alpha value is -1.39. The van der Waals surface area contributed by atoms with Gasteiger partial charge in [0.05, 0.1) is 5.92 Å². The zero-order valence-corrected chi connectivity index (χ0v) is 11.1. The topological polar surface area (TPSA) is 58.4 Å². The van der Waals surface area contributed by atoms with Gasteiger partial charge in [0.1, 0.15) is 0 Å². The molecule has 3 rings (SSSR count). The summed E-state index contributed by atoms with van der Waals surface area (Å²) in [5.74, 6) is 0.701. The number of benzene rings is 1. The first-order valence-corrected chi connectivity index (χ1v) is 7.12. The third kappa shape index (κ3) is 2.38. The molecular weight excluding hydrogens is 238 g/mol. The minimum absolute atomic E-state index is 0.0521. The molecule has 4 nitrogen and oxygen atoms in total. The highest BCUT2D eigenvalue weighted by Gasteiger charge is 2.37. The van der Waals surface area contributed by atoms with Crippen molar-refractivity contribution in [1.29, 1.82) is 0 Å². The number of amides is 1. The summed E-state index contributed by atoms with van der Waals surface area (Å²) >= 11 is 0. The van der Waals surface area contributed by atoms with Gasteiger partial charge >= 0.3 is 0 Å². The fourth-order valence-electron chi connectivity index (χ4n) is 3.39. The molecule has 1 atom stereocenters. The lowest BCUT2D eigenvalue weighted by Crippen LogP contribution is -2.39. The summed E-state index contributed by atoms with van der Waals surface area (Å²) in [6.07, 6.45) is 2.18. The highest BCUT2D eigenvalue weighted by atomic mass is 16.2. The number of carbonyl (C=O) groups excluding carboxylic acids is 1. The molecule has 0 aromatic heterocycles. The first-order chi connectivity index (χ1) is 9.29. The van der Waals surface area contributed by atoms with Crippen LogP contribution < -0.4 is 11.1 Å². The van der Waals surface area contributed by atoms with Gasteiger partial charge in [0.15, 0.2) is 0 Å². The molecule has 2 aliphatic heterocycles. The van der Waals surface area contributed by atoms with Crippen LogP contribution in [0.4, 0.5) is 5.69 Å². The highest BCUT2D eigenvalue weighted by Crippen LogP contribution is 2.41. The lowest BCUT2D eigenvalue weighted by molar-refractivity contribution is -0.118. The highest BCUT2D eigenvalue weighted by molar-refractivity contribution is 6.03. The first-order valence-electron chi connectivity index (χ1n) is 7.12. The second-order valence-corrected chi connectivity index (χ2v) is 5.52. The van der Waals surface area contributed by atoms with Crippen LogP contribution in [0.3, 0.4) is 0 Å². The average Bonchev–Trinajstić information content (AvgIpc) is 2.76. The Labute approximate surface area is 114 Å². The van der Waals surface area contributed by atoms with Crippen molar-refractivity contribution >= 4 is 11.6 Å². The van der Waals surface area contributed by atoms with E-state index in [0.29, 0.717) is 5.92 Å². The summed E-state index contributed by atoms with van der Waals surface area (Å²) in [6, 6.07) is 8.09. The molecule has 1 aromatic rings. The van der Waals surface area contributed by atoms with Crippen molar-refractivity contribution in [2.45, 2.75) is 18.8 Å². The van der Waals surface area contributed by atoms with Crippen molar-refractivity contribution in [3.63, 3.8) is 0 Å². The van der Waals surface area contributed by atoms with Crippen molar-refractivity contribution in [3.05, 3.63) is 29.8 Å². The first kappa shape index (κ1) is 12.6. The van der Waals surface area contributed by atoms with Gasteiger partial charge in [0, 0.05) is 18.8 Å². The molecule has 1 saturated heterocycles. The maximum atomic E-state index is 12.2. The number of nitrogens with two attached hydrogens (primary N) is 1. The lowest BCUT2D eigenvalue weighted by Gasteiger charge is -2.33.